The highest BCUT2D eigenvalue weighted by Crippen LogP contribution is 2.21. The standard InChI is InChI=1S/C11H14N2O3/c12-9-7-8(1-2-10(9)14)11(15)13-3-5-16-6-4-13/h1-2,7,14H,3-6,12H2. The Labute approximate surface area is 93.4 Å². The van der Waals surface area contributed by atoms with Crippen LogP contribution in [0.4, 0.5) is 5.69 Å². The van der Waals surface area contributed by atoms with Crippen LogP contribution in [0.1, 0.15) is 10.4 Å². The van der Waals surface area contributed by atoms with Gasteiger partial charge in [-0.3, -0.25) is 4.79 Å². The summed E-state index contributed by atoms with van der Waals surface area (Å²) >= 11 is 0. The minimum Gasteiger partial charge on any atom is -0.506 e. The van der Waals surface area contributed by atoms with Crippen LogP contribution in [-0.4, -0.2) is 42.2 Å². The number of nitrogens with two attached hydrogens (primary N) is 1. The Kier molecular flexibility index (Phi) is 2.96. The predicted octanol–water partition coefficient (Wildman–Crippen LogP) is 0.447. The van der Waals surface area contributed by atoms with Gasteiger partial charge in [0.1, 0.15) is 5.75 Å². The maximum Gasteiger partial charge on any atom is 0.254 e. The van der Waals surface area contributed by atoms with Gasteiger partial charge < -0.3 is 20.5 Å². The number of phenols is 1. The van der Waals surface area contributed by atoms with Gasteiger partial charge in [-0.25, -0.2) is 0 Å². The van der Waals surface area contributed by atoms with Gasteiger partial charge in [0.05, 0.1) is 18.9 Å². The summed E-state index contributed by atoms with van der Waals surface area (Å²) in [6.45, 7) is 2.33. The first-order chi connectivity index (χ1) is 7.68. The van der Waals surface area contributed by atoms with Gasteiger partial charge in [0.2, 0.25) is 0 Å². The molecule has 1 heterocycles. The zero-order chi connectivity index (χ0) is 11.5. The van der Waals surface area contributed by atoms with Crippen molar-refractivity contribution in [2.75, 3.05) is 32.0 Å². The molecular formula is C11H14N2O3. The molecule has 3 N–H and O–H groups in total. The third-order valence-electron chi connectivity index (χ3n) is 2.57. The highest BCUT2D eigenvalue weighted by atomic mass is 16.5. The molecule has 16 heavy (non-hydrogen) atoms. The number of carbonyl (C=O) groups excluding carboxylic acids is 1. The molecule has 1 amide bonds. The topological polar surface area (TPSA) is 75.8 Å². The minimum atomic E-state index is -0.0741. The zero-order valence-electron chi connectivity index (χ0n) is 8.85. The molecule has 1 aliphatic heterocycles. The molecule has 2 rings (SSSR count). The molecular weight excluding hydrogens is 208 g/mol. The lowest BCUT2D eigenvalue weighted by Crippen LogP contribution is -2.40. The average Bonchev–Trinajstić information content (AvgIpc) is 2.33. The first kappa shape index (κ1) is 10.8. The fourth-order valence-electron chi connectivity index (χ4n) is 1.64. The van der Waals surface area contributed by atoms with E-state index < -0.39 is 0 Å². The Hall–Kier alpha value is -1.75. The molecule has 5 nitrogen and oxygen atoms in total. The van der Waals surface area contributed by atoms with Gasteiger partial charge in [-0.05, 0) is 18.2 Å². The third kappa shape index (κ3) is 2.09. The lowest BCUT2D eigenvalue weighted by molar-refractivity contribution is 0.0303. The molecule has 0 spiro atoms. The first-order valence-electron chi connectivity index (χ1n) is 5.14. The van der Waals surface area contributed by atoms with E-state index in [1.165, 1.54) is 12.1 Å². The summed E-state index contributed by atoms with van der Waals surface area (Å²) in [5.41, 5.74) is 6.26. The van der Waals surface area contributed by atoms with Crippen LogP contribution >= 0.6 is 0 Å². The summed E-state index contributed by atoms with van der Waals surface area (Å²) in [7, 11) is 0. The molecule has 0 atom stereocenters. The maximum atomic E-state index is 12.0. The number of rotatable bonds is 1. The van der Waals surface area contributed by atoms with Crippen LogP contribution in [0.15, 0.2) is 18.2 Å². The van der Waals surface area contributed by atoms with Gasteiger partial charge >= 0.3 is 0 Å². The van der Waals surface area contributed by atoms with E-state index in [4.69, 9.17) is 10.5 Å². The van der Waals surface area contributed by atoms with Crippen molar-refractivity contribution in [1.82, 2.24) is 4.90 Å². The molecule has 0 aliphatic carbocycles. The fourth-order valence-corrected chi connectivity index (χ4v) is 1.64. The largest absolute Gasteiger partial charge is 0.506 e. The monoisotopic (exact) mass is 222 g/mol. The number of morpholine rings is 1. The quantitative estimate of drug-likeness (QED) is 0.534. The number of hydrogen-bond acceptors (Lipinski definition) is 4. The second kappa shape index (κ2) is 4.40. The number of carbonyl (C=O) groups is 1. The van der Waals surface area contributed by atoms with Crippen LogP contribution in [0.5, 0.6) is 5.75 Å². The van der Waals surface area contributed by atoms with Gasteiger partial charge in [0.15, 0.2) is 0 Å². The van der Waals surface area contributed by atoms with E-state index >= 15 is 0 Å². The Morgan fingerprint density at radius 2 is 2.06 bits per heavy atom. The van der Waals surface area contributed by atoms with Crippen LogP contribution in [0.2, 0.25) is 0 Å². The number of nitrogens with zero attached hydrogens (tertiary/aromatic N) is 1. The SMILES string of the molecule is Nc1cc(C(=O)N2CCOCC2)ccc1O. The van der Waals surface area contributed by atoms with Crippen molar-refractivity contribution in [1.29, 1.82) is 0 Å². The molecule has 1 aliphatic rings. The lowest BCUT2D eigenvalue weighted by Gasteiger charge is -2.26. The normalized spacial score (nSPS) is 16.1. The minimum absolute atomic E-state index is 0.00136. The number of phenolic OH excluding ortho intramolecular Hbond substituents is 1. The maximum absolute atomic E-state index is 12.0. The summed E-state index contributed by atoms with van der Waals surface area (Å²) in [4.78, 5) is 13.7. The Bertz CT molecular complexity index is 400. The van der Waals surface area contributed by atoms with Crippen molar-refractivity contribution in [2.24, 2.45) is 0 Å². The zero-order valence-corrected chi connectivity index (χ0v) is 8.85. The van der Waals surface area contributed by atoms with Gasteiger partial charge in [-0.1, -0.05) is 0 Å². The summed E-state index contributed by atoms with van der Waals surface area (Å²) in [6, 6.07) is 4.50. The van der Waals surface area contributed by atoms with Gasteiger partial charge in [-0.15, -0.1) is 0 Å². The summed E-state index contributed by atoms with van der Waals surface area (Å²) in [6.07, 6.45) is 0. The van der Waals surface area contributed by atoms with Crippen molar-refractivity contribution in [3.05, 3.63) is 23.8 Å². The number of anilines is 1. The first-order valence-corrected chi connectivity index (χ1v) is 5.14. The Morgan fingerprint density at radius 1 is 1.38 bits per heavy atom. The number of aromatic hydroxyl groups is 1. The van der Waals surface area contributed by atoms with Crippen molar-refractivity contribution < 1.29 is 14.6 Å². The van der Waals surface area contributed by atoms with Crippen molar-refractivity contribution >= 4 is 11.6 Å². The van der Waals surface area contributed by atoms with Crippen molar-refractivity contribution in [3.63, 3.8) is 0 Å². The Balaban J connectivity index is 2.16. The molecule has 1 aromatic rings. The molecule has 5 heteroatoms. The van der Waals surface area contributed by atoms with E-state index in [2.05, 4.69) is 0 Å². The van der Waals surface area contributed by atoms with E-state index in [0.717, 1.165) is 0 Å². The molecule has 0 radical (unpaired) electrons. The predicted molar refractivity (Wildman–Crippen MR) is 59.2 cm³/mol. The second-order valence-electron chi connectivity index (χ2n) is 3.68. The van der Waals surface area contributed by atoms with E-state index in [-0.39, 0.29) is 17.3 Å². The number of nitrogen functional groups attached to an aromatic ring is 1. The third-order valence-corrected chi connectivity index (χ3v) is 2.57. The Morgan fingerprint density at radius 3 is 2.69 bits per heavy atom. The fraction of sp³-hybridized carbons (Fsp3) is 0.364. The van der Waals surface area contributed by atoms with Crippen LogP contribution in [0.3, 0.4) is 0 Å². The summed E-state index contributed by atoms with van der Waals surface area (Å²) in [5.74, 6) is -0.0754. The molecule has 0 unspecified atom stereocenters. The average molecular weight is 222 g/mol. The summed E-state index contributed by atoms with van der Waals surface area (Å²) in [5, 5.41) is 9.27. The molecule has 1 fully saturated rings. The second-order valence-corrected chi connectivity index (χ2v) is 3.68. The number of ether oxygens (including phenoxy) is 1. The van der Waals surface area contributed by atoms with Crippen LogP contribution in [0, 0.1) is 0 Å². The molecule has 0 saturated carbocycles. The van der Waals surface area contributed by atoms with Crippen LogP contribution in [0.25, 0.3) is 0 Å². The van der Waals surface area contributed by atoms with E-state index in [0.29, 0.717) is 31.9 Å². The van der Waals surface area contributed by atoms with E-state index in [1.54, 1.807) is 11.0 Å². The van der Waals surface area contributed by atoms with Gasteiger partial charge in [0, 0.05) is 18.7 Å². The summed E-state index contributed by atoms with van der Waals surface area (Å²) < 4.78 is 5.17. The van der Waals surface area contributed by atoms with E-state index in [9.17, 15) is 9.90 Å². The lowest BCUT2D eigenvalue weighted by atomic mass is 10.1. The van der Waals surface area contributed by atoms with Gasteiger partial charge in [-0.2, -0.15) is 0 Å². The highest BCUT2D eigenvalue weighted by molar-refractivity contribution is 5.95. The number of amides is 1. The molecule has 1 saturated heterocycles. The smallest absolute Gasteiger partial charge is 0.254 e. The van der Waals surface area contributed by atoms with Crippen molar-refractivity contribution in [3.8, 4) is 5.75 Å². The number of hydrogen-bond donors (Lipinski definition) is 2. The van der Waals surface area contributed by atoms with Crippen LogP contribution in [-0.2, 0) is 4.74 Å². The van der Waals surface area contributed by atoms with Crippen molar-refractivity contribution in [2.45, 2.75) is 0 Å². The van der Waals surface area contributed by atoms with Gasteiger partial charge in [0.25, 0.3) is 5.91 Å². The molecule has 0 aromatic heterocycles. The highest BCUT2D eigenvalue weighted by Gasteiger charge is 2.18. The molecule has 0 bridgehead atoms. The molecule has 1 aromatic carbocycles. The number of benzene rings is 1. The molecule has 86 valence electrons. The van der Waals surface area contributed by atoms with E-state index in [1.807, 2.05) is 0 Å². The van der Waals surface area contributed by atoms with Crippen LogP contribution < -0.4 is 5.73 Å².